The van der Waals surface area contributed by atoms with Crippen molar-refractivity contribution in [2.45, 2.75) is 88.7 Å². The molecule has 2 heterocycles. The van der Waals surface area contributed by atoms with Crippen molar-refractivity contribution in [3.63, 3.8) is 0 Å². The average molecular weight is 552 g/mol. The monoisotopic (exact) mass is 551 g/mol. The molecular formula is C33H37N5O3. The topological polar surface area (TPSA) is 95.1 Å². The molecule has 3 fully saturated rings. The molecule has 2 aromatic carbocycles. The molecule has 7 rings (SSSR count). The van der Waals surface area contributed by atoms with Gasteiger partial charge in [0, 0.05) is 18.0 Å². The number of aromatic nitrogens is 5. The highest BCUT2D eigenvalue weighted by Crippen LogP contribution is 2.55. The summed E-state index contributed by atoms with van der Waals surface area (Å²) in [5.74, 6) is 0.738. The number of aromatic carboxylic acids is 1. The summed E-state index contributed by atoms with van der Waals surface area (Å²) in [6.45, 7) is 2.20. The molecule has 8 heteroatoms. The first-order chi connectivity index (χ1) is 20.0. The van der Waals surface area contributed by atoms with E-state index in [1.165, 1.54) is 44.7 Å². The van der Waals surface area contributed by atoms with Crippen LogP contribution >= 0.6 is 0 Å². The maximum absolute atomic E-state index is 12.2. The highest BCUT2D eigenvalue weighted by atomic mass is 16.5. The summed E-state index contributed by atoms with van der Waals surface area (Å²) in [7, 11) is 0. The van der Waals surface area contributed by atoms with Crippen molar-refractivity contribution >= 4 is 5.97 Å². The molecule has 1 N–H and O–H groups in total. The van der Waals surface area contributed by atoms with Crippen molar-refractivity contribution in [2.24, 2.45) is 5.92 Å². The zero-order chi connectivity index (χ0) is 27.9. The van der Waals surface area contributed by atoms with Crippen LogP contribution in [0.2, 0.25) is 0 Å². The number of carbonyl (C=O) groups is 1. The third-order valence-corrected chi connectivity index (χ3v) is 9.43. The molecule has 212 valence electrons. The summed E-state index contributed by atoms with van der Waals surface area (Å²) in [5.41, 5.74) is 4.86. The number of ether oxygens (including phenoxy) is 1. The largest absolute Gasteiger partial charge is 0.490 e. The van der Waals surface area contributed by atoms with Crippen molar-refractivity contribution in [1.29, 1.82) is 0 Å². The fourth-order valence-corrected chi connectivity index (χ4v) is 6.68. The second-order valence-corrected chi connectivity index (χ2v) is 12.1. The van der Waals surface area contributed by atoms with Crippen LogP contribution in [0.5, 0.6) is 5.75 Å². The minimum absolute atomic E-state index is 0.0387. The van der Waals surface area contributed by atoms with Crippen LogP contribution in [0.1, 0.15) is 104 Å². The standard InChI is InChI=1S/C33H37N5O3/c1-21(22-8-3-2-4-9-22)41-27-15-6-11-24(17-27)23-10-5-14-26(16-23)38-32(30(19-34-38)33(39)40)29-18-28(29)31-20-37(36-35-31)25-12-7-13-25/h5-6,10-11,14-17,19-22,25,28-29H,2-4,7-9,12-13,18H2,1H3,(H,39,40)/t21-,28+,29+/m0/s1. The number of carboxylic acids is 1. The van der Waals surface area contributed by atoms with E-state index in [-0.39, 0.29) is 23.5 Å². The molecule has 3 saturated carbocycles. The SMILES string of the molecule is C[C@H](Oc1cccc(-c2cccc(-n3ncc(C(=O)O)c3[C@@H]3C[C@H]3c3cn(C4CCC4)nn3)c2)c1)C1CCCCC1. The Balaban J connectivity index is 1.14. The molecule has 0 unspecified atom stereocenters. The molecule has 8 nitrogen and oxygen atoms in total. The van der Waals surface area contributed by atoms with Crippen molar-refractivity contribution < 1.29 is 14.6 Å². The molecule has 0 saturated heterocycles. The lowest BCUT2D eigenvalue weighted by atomic mass is 9.86. The summed E-state index contributed by atoms with van der Waals surface area (Å²) in [4.78, 5) is 12.2. The zero-order valence-corrected chi connectivity index (χ0v) is 23.5. The van der Waals surface area contributed by atoms with Gasteiger partial charge < -0.3 is 9.84 Å². The first-order valence-corrected chi connectivity index (χ1v) is 15.2. The van der Waals surface area contributed by atoms with Crippen LogP contribution in [0.4, 0.5) is 0 Å². The van der Waals surface area contributed by atoms with E-state index >= 15 is 0 Å². The third kappa shape index (κ3) is 5.16. The van der Waals surface area contributed by atoms with E-state index in [4.69, 9.17) is 4.74 Å². The lowest BCUT2D eigenvalue weighted by molar-refractivity contribution is 0.0695. The average Bonchev–Trinajstić information content (AvgIpc) is 3.38. The van der Waals surface area contributed by atoms with Crippen molar-refractivity contribution in [3.05, 3.63) is 77.9 Å². The normalized spacial score (nSPS) is 21.8. The van der Waals surface area contributed by atoms with Gasteiger partial charge in [0.15, 0.2) is 0 Å². The molecule has 0 bridgehead atoms. The lowest BCUT2D eigenvalue weighted by Crippen LogP contribution is -2.25. The molecule has 3 aliphatic carbocycles. The fourth-order valence-electron chi connectivity index (χ4n) is 6.68. The van der Waals surface area contributed by atoms with Crippen molar-refractivity contribution in [2.75, 3.05) is 0 Å². The Bertz CT molecular complexity index is 1550. The smallest absolute Gasteiger partial charge is 0.339 e. The molecule has 3 aliphatic rings. The van der Waals surface area contributed by atoms with Gasteiger partial charge in [-0.1, -0.05) is 48.7 Å². The van der Waals surface area contributed by atoms with Gasteiger partial charge >= 0.3 is 5.97 Å². The van der Waals surface area contributed by atoms with Gasteiger partial charge in [-0.05, 0) is 86.8 Å². The van der Waals surface area contributed by atoms with Crippen LogP contribution in [0.3, 0.4) is 0 Å². The third-order valence-electron chi connectivity index (χ3n) is 9.43. The highest BCUT2D eigenvalue weighted by Gasteiger charge is 2.46. The molecule has 41 heavy (non-hydrogen) atoms. The molecule has 4 aromatic rings. The van der Waals surface area contributed by atoms with Crippen molar-refractivity contribution in [3.8, 4) is 22.6 Å². The summed E-state index contributed by atoms with van der Waals surface area (Å²) >= 11 is 0. The summed E-state index contributed by atoms with van der Waals surface area (Å²) in [5, 5.41) is 23.4. The number of nitrogens with zero attached hydrogens (tertiary/aromatic N) is 5. The van der Waals surface area contributed by atoms with E-state index < -0.39 is 5.97 Å². The van der Waals surface area contributed by atoms with Gasteiger partial charge in [0.05, 0.1) is 35.4 Å². The van der Waals surface area contributed by atoms with E-state index in [2.05, 4.69) is 52.8 Å². The number of benzene rings is 2. The van der Waals surface area contributed by atoms with E-state index in [0.29, 0.717) is 12.0 Å². The number of carboxylic acid groups (broad SMARTS) is 1. The van der Waals surface area contributed by atoms with Gasteiger partial charge in [0.1, 0.15) is 11.3 Å². The lowest BCUT2D eigenvalue weighted by Gasteiger charge is -2.28. The Labute approximate surface area is 240 Å². The number of hydrogen-bond acceptors (Lipinski definition) is 5. The summed E-state index contributed by atoms with van der Waals surface area (Å²) in [6.07, 6.45) is 14.5. The van der Waals surface area contributed by atoms with E-state index in [1.54, 1.807) is 4.68 Å². The van der Waals surface area contributed by atoms with Gasteiger partial charge in [0.25, 0.3) is 0 Å². The van der Waals surface area contributed by atoms with Crippen LogP contribution < -0.4 is 4.74 Å². The second kappa shape index (κ2) is 10.8. The first kappa shape index (κ1) is 26.0. The van der Waals surface area contributed by atoms with Gasteiger partial charge in [0.2, 0.25) is 0 Å². The Morgan fingerprint density at radius 2 is 1.76 bits per heavy atom. The summed E-state index contributed by atoms with van der Waals surface area (Å²) in [6, 6.07) is 16.9. The molecule has 0 spiro atoms. The maximum atomic E-state index is 12.2. The quantitative estimate of drug-likeness (QED) is 0.237. The minimum Gasteiger partial charge on any atom is -0.490 e. The van der Waals surface area contributed by atoms with Crippen LogP contribution in [0.25, 0.3) is 16.8 Å². The molecule has 3 atom stereocenters. The summed E-state index contributed by atoms with van der Waals surface area (Å²) < 4.78 is 10.2. The Hall–Kier alpha value is -3.94. The predicted molar refractivity (Wildman–Crippen MR) is 156 cm³/mol. The Kier molecular flexibility index (Phi) is 6.85. The van der Waals surface area contributed by atoms with E-state index in [0.717, 1.165) is 53.2 Å². The second-order valence-electron chi connectivity index (χ2n) is 12.1. The molecule has 0 amide bonds. The Morgan fingerprint density at radius 3 is 2.51 bits per heavy atom. The van der Waals surface area contributed by atoms with Gasteiger partial charge in [-0.15, -0.1) is 5.10 Å². The van der Waals surface area contributed by atoms with Crippen LogP contribution in [0, 0.1) is 5.92 Å². The van der Waals surface area contributed by atoms with Crippen LogP contribution in [-0.4, -0.2) is 42.0 Å². The van der Waals surface area contributed by atoms with Crippen molar-refractivity contribution in [1.82, 2.24) is 24.8 Å². The molecule has 2 aromatic heterocycles. The maximum Gasteiger partial charge on any atom is 0.339 e. The number of rotatable bonds is 9. The first-order valence-electron chi connectivity index (χ1n) is 15.2. The molecule has 0 radical (unpaired) electrons. The van der Waals surface area contributed by atoms with Gasteiger partial charge in [-0.25, -0.2) is 14.2 Å². The molecular weight excluding hydrogens is 514 g/mol. The predicted octanol–water partition coefficient (Wildman–Crippen LogP) is 7.17. The Morgan fingerprint density at radius 1 is 0.976 bits per heavy atom. The van der Waals surface area contributed by atoms with Gasteiger partial charge in [-0.2, -0.15) is 5.10 Å². The van der Waals surface area contributed by atoms with Crippen LogP contribution in [-0.2, 0) is 0 Å². The van der Waals surface area contributed by atoms with E-state index in [9.17, 15) is 9.90 Å². The van der Waals surface area contributed by atoms with Crippen LogP contribution in [0.15, 0.2) is 60.9 Å². The van der Waals surface area contributed by atoms with E-state index in [1.807, 2.05) is 28.9 Å². The number of hydrogen-bond donors (Lipinski definition) is 1. The highest BCUT2D eigenvalue weighted by molar-refractivity contribution is 5.89. The fraction of sp³-hybridized carbons (Fsp3) is 0.455. The van der Waals surface area contributed by atoms with Gasteiger partial charge in [-0.3, -0.25) is 0 Å². The molecule has 0 aliphatic heterocycles. The zero-order valence-electron chi connectivity index (χ0n) is 23.5. The minimum atomic E-state index is -0.955.